The van der Waals surface area contributed by atoms with Gasteiger partial charge in [0.15, 0.2) is 0 Å². The maximum atomic E-state index is 12.4. The average molecular weight is 529 g/mol. The standard InChI is InChI=1S/C22H30N2O9P2/c1-3-17(14-5-8-16(25)9-6-14)18(4-2)15-7-10-20(26)19(13-15)24-21(27)11-12-23-22(34(28,29)30)35(31,32)33/h5-10,13,17-18,28-30H,3-4,11-12H2,1-2H3,(H4-,23,24,25,26,27,31,32,33)/p+1. The fraction of sp³-hybridized carbons (Fsp3) is 0.364. The van der Waals surface area contributed by atoms with E-state index in [1.165, 1.54) is 6.07 Å². The first-order valence-electron chi connectivity index (χ1n) is 10.9. The third kappa shape index (κ3) is 8.08. The molecule has 2 rings (SSSR count). The highest BCUT2D eigenvalue weighted by Crippen LogP contribution is 2.60. The molecule has 2 unspecified atom stereocenters. The van der Waals surface area contributed by atoms with Gasteiger partial charge in [-0.2, -0.15) is 14.7 Å². The number of rotatable bonds is 11. The average Bonchev–Trinajstić information content (AvgIpc) is 2.75. The van der Waals surface area contributed by atoms with Gasteiger partial charge in [-0.05, 0) is 60.1 Å². The molecule has 0 aromatic heterocycles. The van der Waals surface area contributed by atoms with Gasteiger partial charge in [0.05, 0.1) is 12.2 Å². The summed E-state index contributed by atoms with van der Waals surface area (Å²) in [4.78, 5) is 61.4. The number of phenols is 2. The normalized spacial score (nSPS) is 14.4. The Labute approximate surface area is 203 Å². The number of hydrogen-bond acceptors (Lipinski definition) is 8. The van der Waals surface area contributed by atoms with Crippen molar-refractivity contribution in [2.75, 3.05) is 11.9 Å². The van der Waals surface area contributed by atoms with Crippen LogP contribution in [0.3, 0.4) is 0 Å². The molecule has 0 heterocycles. The van der Waals surface area contributed by atoms with Crippen molar-refractivity contribution < 1.29 is 44.0 Å². The number of aromatic hydroxyl groups is 2. The molecule has 0 fully saturated rings. The lowest BCUT2D eigenvalue weighted by atomic mass is 9.78. The Balaban J connectivity index is 2.20. The molecule has 2 atom stereocenters. The second kappa shape index (κ2) is 12.1. The largest absolute Gasteiger partial charge is 0.508 e. The number of carbonyl (C=O) groups excluding carboxylic acids is 1. The van der Waals surface area contributed by atoms with E-state index in [1.54, 1.807) is 24.3 Å². The van der Waals surface area contributed by atoms with Gasteiger partial charge in [0.25, 0.3) is 0 Å². The van der Waals surface area contributed by atoms with Crippen LogP contribution in [0.1, 0.15) is 56.1 Å². The first-order valence-corrected chi connectivity index (χ1v) is 14.1. The summed E-state index contributed by atoms with van der Waals surface area (Å²) in [6.07, 6.45) is 1.18. The van der Waals surface area contributed by atoms with E-state index in [-0.39, 0.29) is 29.0 Å². The van der Waals surface area contributed by atoms with Gasteiger partial charge in [0.1, 0.15) is 11.5 Å². The Morgan fingerprint density at radius 3 is 2.03 bits per heavy atom. The molecule has 0 radical (unpaired) electrons. The highest BCUT2D eigenvalue weighted by atomic mass is 31.3. The van der Waals surface area contributed by atoms with E-state index in [1.807, 2.05) is 19.1 Å². The monoisotopic (exact) mass is 529 g/mol. The predicted molar refractivity (Wildman–Crippen MR) is 133 cm³/mol. The molecule has 0 saturated carbocycles. The van der Waals surface area contributed by atoms with Gasteiger partial charge >= 0.3 is 20.7 Å². The fourth-order valence-corrected chi connectivity index (χ4v) is 5.92. The van der Waals surface area contributed by atoms with Crippen LogP contribution in [0.2, 0.25) is 0 Å². The number of carbonyl (C=O) groups is 1. The molecular formula is C22H31N2O9P2+. The zero-order chi connectivity index (χ0) is 26.4. The van der Waals surface area contributed by atoms with Crippen molar-refractivity contribution in [3.8, 4) is 11.5 Å². The fourth-order valence-electron chi connectivity index (χ4n) is 3.94. The van der Waals surface area contributed by atoms with Gasteiger partial charge in [-0.15, -0.1) is 0 Å². The molecule has 0 aliphatic carbocycles. The van der Waals surface area contributed by atoms with Crippen LogP contribution in [0.4, 0.5) is 5.69 Å². The van der Waals surface area contributed by atoms with E-state index in [9.17, 15) is 19.6 Å². The lowest BCUT2D eigenvalue weighted by Crippen LogP contribution is -2.15. The molecule has 0 saturated heterocycles. The number of anilines is 1. The Morgan fingerprint density at radius 1 is 0.971 bits per heavy atom. The number of aliphatic imine (C=N–C) groups is 1. The third-order valence-corrected chi connectivity index (χ3v) is 8.46. The Morgan fingerprint density at radius 2 is 1.51 bits per heavy atom. The maximum Gasteiger partial charge on any atom is 0.469 e. The first kappa shape index (κ1) is 28.9. The first-order chi connectivity index (χ1) is 16.3. The Bertz CT molecular complexity index is 1100. The van der Waals surface area contributed by atoms with Crippen LogP contribution >= 0.6 is 15.5 Å². The zero-order valence-corrected chi connectivity index (χ0v) is 21.1. The summed E-state index contributed by atoms with van der Waals surface area (Å²) in [7, 11) is -10.3. The molecule has 1 amide bonds. The minimum Gasteiger partial charge on any atom is -0.508 e. The van der Waals surface area contributed by atoms with Gasteiger partial charge < -0.3 is 25.3 Å². The highest BCUT2D eigenvalue weighted by Gasteiger charge is 2.51. The quantitative estimate of drug-likeness (QED) is 0.122. The molecule has 2 aromatic rings. The smallest absolute Gasteiger partial charge is 0.469 e. The number of phenolic OH excluding ortho intramolecular Hbond substituents is 2. The van der Waals surface area contributed by atoms with Gasteiger partial charge in [-0.25, -0.2) is 9.56 Å². The predicted octanol–water partition coefficient (Wildman–Crippen LogP) is 3.39. The van der Waals surface area contributed by atoms with E-state index in [0.29, 0.717) is 0 Å². The van der Waals surface area contributed by atoms with Crippen LogP contribution in [-0.4, -0.2) is 52.3 Å². The van der Waals surface area contributed by atoms with Crippen LogP contribution in [-0.2, 0) is 9.36 Å². The maximum absolute atomic E-state index is 12.4. The second-order valence-corrected chi connectivity index (χ2v) is 11.4. The summed E-state index contributed by atoms with van der Waals surface area (Å²) in [5.74, 6) is -0.490. The molecule has 13 heteroatoms. The minimum atomic E-state index is -5.23. The van der Waals surface area contributed by atoms with E-state index in [4.69, 9.17) is 24.5 Å². The van der Waals surface area contributed by atoms with Gasteiger partial charge in [-0.1, -0.05) is 32.0 Å². The number of hydrogen-bond donors (Lipinski definition) is 8. The molecular weight excluding hydrogens is 498 g/mol. The van der Waals surface area contributed by atoms with Crippen LogP contribution in [0, 0.1) is 0 Å². The van der Waals surface area contributed by atoms with E-state index >= 15 is 0 Å². The minimum absolute atomic E-state index is 0.0481. The number of benzene rings is 2. The van der Waals surface area contributed by atoms with Gasteiger partial charge in [0.2, 0.25) is 5.91 Å². The summed E-state index contributed by atoms with van der Waals surface area (Å²) in [6, 6.07) is 11.9. The zero-order valence-electron chi connectivity index (χ0n) is 19.3. The summed E-state index contributed by atoms with van der Waals surface area (Å²) < 4.78 is 11.3. The molecule has 8 N–H and O–H groups in total. The SMILES string of the molecule is CCC(c1ccc(O)cc1)C(CC)c1ccc(O)c(NC(=O)CCN=C(P(=O)(O)O)[P+](O)(O)O)c1. The van der Waals surface area contributed by atoms with Crippen molar-refractivity contribution in [3.05, 3.63) is 53.6 Å². The number of amides is 1. The van der Waals surface area contributed by atoms with Crippen molar-refractivity contribution in [2.45, 2.75) is 44.9 Å². The van der Waals surface area contributed by atoms with Crippen LogP contribution in [0.25, 0.3) is 0 Å². The van der Waals surface area contributed by atoms with Crippen molar-refractivity contribution in [3.63, 3.8) is 0 Å². The molecule has 192 valence electrons. The molecule has 11 nitrogen and oxygen atoms in total. The number of nitrogens with zero attached hydrogens (tertiary/aromatic N) is 1. The molecule has 0 aliphatic heterocycles. The molecule has 0 spiro atoms. The van der Waals surface area contributed by atoms with E-state index in [2.05, 4.69) is 17.2 Å². The van der Waals surface area contributed by atoms with Gasteiger partial charge in [0, 0.05) is 6.42 Å². The lowest BCUT2D eigenvalue weighted by Gasteiger charge is -2.27. The summed E-state index contributed by atoms with van der Waals surface area (Å²) >= 11 is 0. The summed E-state index contributed by atoms with van der Waals surface area (Å²) in [5.41, 5.74) is 2.06. The number of nitrogens with one attached hydrogen (secondary N) is 1. The van der Waals surface area contributed by atoms with Crippen molar-refractivity contribution in [2.24, 2.45) is 4.99 Å². The van der Waals surface area contributed by atoms with Gasteiger partial charge in [-0.3, -0.25) is 4.79 Å². The van der Waals surface area contributed by atoms with Crippen LogP contribution < -0.4 is 5.32 Å². The lowest BCUT2D eigenvalue weighted by molar-refractivity contribution is -0.116. The van der Waals surface area contributed by atoms with Crippen molar-refractivity contribution in [1.82, 2.24) is 0 Å². The Hall–Kier alpha value is -2.36. The molecule has 2 aromatic carbocycles. The van der Waals surface area contributed by atoms with E-state index < -0.39 is 39.6 Å². The second-order valence-electron chi connectivity index (χ2n) is 7.99. The van der Waals surface area contributed by atoms with Crippen molar-refractivity contribution >= 4 is 32.3 Å². The summed E-state index contributed by atoms with van der Waals surface area (Å²) in [6.45, 7) is 3.55. The summed E-state index contributed by atoms with van der Waals surface area (Å²) in [5, 5.41) is 20.9. The third-order valence-electron chi connectivity index (χ3n) is 5.53. The van der Waals surface area contributed by atoms with Crippen molar-refractivity contribution in [1.29, 1.82) is 0 Å². The molecule has 0 aliphatic rings. The van der Waals surface area contributed by atoms with Crippen LogP contribution in [0.15, 0.2) is 47.5 Å². The highest BCUT2D eigenvalue weighted by molar-refractivity contribution is 8.00. The van der Waals surface area contributed by atoms with Crippen LogP contribution in [0.5, 0.6) is 11.5 Å². The molecule has 35 heavy (non-hydrogen) atoms. The van der Waals surface area contributed by atoms with E-state index in [0.717, 1.165) is 24.0 Å². The topological polar surface area (TPSA) is 200 Å². The molecule has 0 bridgehead atoms. The Kier molecular flexibility index (Phi) is 9.94.